The van der Waals surface area contributed by atoms with Crippen LogP contribution in [0.5, 0.6) is 0 Å². The highest BCUT2D eigenvalue weighted by Gasteiger charge is 2.49. The lowest BCUT2D eigenvalue weighted by Crippen LogP contribution is -2.50. The summed E-state index contributed by atoms with van der Waals surface area (Å²) in [5.74, 6) is -6.56. The summed E-state index contributed by atoms with van der Waals surface area (Å²) in [7, 11) is 0. The van der Waals surface area contributed by atoms with Gasteiger partial charge in [0.1, 0.15) is 11.4 Å². The fourth-order valence-corrected chi connectivity index (χ4v) is 3.84. The second-order valence-electron chi connectivity index (χ2n) is 6.88. The van der Waals surface area contributed by atoms with Gasteiger partial charge in [0.05, 0.1) is 0 Å². The van der Waals surface area contributed by atoms with Gasteiger partial charge in [-0.2, -0.15) is 0 Å². The van der Waals surface area contributed by atoms with Crippen molar-refractivity contribution in [2.45, 2.75) is 37.6 Å². The van der Waals surface area contributed by atoms with Crippen LogP contribution in [0.25, 0.3) is 11.1 Å². The van der Waals surface area contributed by atoms with E-state index in [4.69, 9.17) is 0 Å². The molecule has 1 saturated carbocycles. The van der Waals surface area contributed by atoms with Crippen molar-refractivity contribution in [3.63, 3.8) is 0 Å². The molecule has 1 aliphatic carbocycles. The third-order valence-corrected chi connectivity index (χ3v) is 5.26. The lowest BCUT2D eigenvalue weighted by atomic mass is 9.74. The summed E-state index contributed by atoms with van der Waals surface area (Å²) < 4.78 is 14.8. The number of rotatable bonds is 6. The highest BCUT2D eigenvalue weighted by atomic mass is 19.1. The first-order valence-corrected chi connectivity index (χ1v) is 8.79. The number of carboxylic acids is 2. The fraction of sp³-hybridized carbons (Fsp3) is 0.350. The van der Waals surface area contributed by atoms with Gasteiger partial charge >= 0.3 is 11.9 Å². The average Bonchev–Trinajstić information content (AvgIpc) is 3.13. The smallest absolute Gasteiger partial charge is 0.325 e. The molecule has 0 saturated heterocycles. The van der Waals surface area contributed by atoms with Crippen molar-refractivity contribution in [1.82, 2.24) is 4.57 Å². The average molecular weight is 373 g/mol. The Kier molecular flexibility index (Phi) is 5.12. The van der Waals surface area contributed by atoms with Crippen molar-refractivity contribution in [3.8, 4) is 11.1 Å². The maximum Gasteiger partial charge on any atom is 0.325 e. The first-order valence-electron chi connectivity index (χ1n) is 8.79. The quantitative estimate of drug-likeness (QED) is 0.757. The molecular formula is C20H20FNO5. The van der Waals surface area contributed by atoms with E-state index < -0.39 is 29.2 Å². The number of hydrogen-bond acceptors (Lipinski definition) is 3. The summed E-state index contributed by atoms with van der Waals surface area (Å²) in [6.45, 7) is 0. The minimum atomic E-state index is -2.10. The zero-order chi connectivity index (χ0) is 19.6. The van der Waals surface area contributed by atoms with Crippen molar-refractivity contribution < 1.29 is 29.0 Å². The lowest BCUT2D eigenvalue weighted by Gasteiger charge is -2.38. The Morgan fingerprint density at radius 2 is 1.52 bits per heavy atom. The second kappa shape index (κ2) is 7.34. The van der Waals surface area contributed by atoms with Crippen LogP contribution in [0.4, 0.5) is 4.39 Å². The van der Waals surface area contributed by atoms with Gasteiger partial charge in [0.25, 0.3) is 0 Å². The number of carbonyl (C=O) groups is 3. The normalized spacial score (nSPS) is 16.2. The number of aromatic nitrogens is 1. The molecule has 1 fully saturated rings. The number of Topliss-reactive ketones (excluding diaryl/α,β-unsaturated/α-hetero) is 1. The van der Waals surface area contributed by atoms with E-state index in [0.29, 0.717) is 25.7 Å². The number of nitrogens with zero attached hydrogens (tertiary/aromatic N) is 1. The van der Waals surface area contributed by atoms with Gasteiger partial charge in [-0.25, -0.2) is 4.39 Å². The Hall–Kier alpha value is -2.96. The first kappa shape index (κ1) is 18.8. The molecule has 0 radical (unpaired) electrons. The van der Waals surface area contributed by atoms with E-state index in [0.717, 1.165) is 17.5 Å². The third kappa shape index (κ3) is 3.49. The molecule has 0 spiro atoms. The molecule has 0 unspecified atom stereocenters. The maximum atomic E-state index is 13.1. The van der Waals surface area contributed by atoms with Gasteiger partial charge < -0.3 is 14.8 Å². The molecule has 7 heteroatoms. The Morgan fingerprint density at radius 1 is 0.926 bits per heavy atom. The summed E-state index contributed by atoms with van der Waals surface area (Å²) in [6.07, 6.45) is 6.48. The van der Waals surface area contributed by atoms with E-state index in [-0.39, 0.29) is 5.82 Å². The Labute approximate surface area is 155 Å². The maximum absolute atomic E-state index is 13.1. The van der Waals surface area contributed by atoms with Gasteiger partial charge in [0.2, 0.25) is 5.92 Å². The van der Waals surface area contributed by atoms with Crippen LogP contribution in [0.3, 0.4) is 0 Å². The minimum Gasteiger partial charge on any atom is -0.480 e. The van der Waals surface area contributed by atoms with Crippen molar-refractivity contribution >= 4 is 17.7 Å². The van der Waals surface area contributed by atoms with Crippen LogP contribution in [0.2, 0.25) is 0 Å². The van der Waals surface area contributed by atoms with Crippen molar-refractivity contribution in [2.24, 2.45) is 5.92 Å². The minimum absolute atomic E-state index is 0.358. The second-order valence-corrected chi connectivity index (χ2v) is 6.88. The van der Waals surface area contributed by atoms with Crippen LogP contribution < -0.4 is 0 Å². The molecule has 0 bridgehead atoms. The molecule has 6 nitrogen and oxygen atoms in total. The molecule has 2 aromatic rings. The van der Waals surface area contributed by atoms with Crippen LogP contribution in [0.15, 0.2) is 42.7 Å². The standard InChI is InChI=1S/C20H20FNO5/c21-15-6-4-13(5-7-15)14-8-11-22(12-14)20(9-2-1-3-10-20)17(23)16(18(24)25)19(26)27/h4-8,11-12,16H,1-3,9-10H2,(H,24,25)(H,26,27). The van der Waals surface area contributed by atoms with Crippen LogP contribution in [0.1, 0.15) is 32.1 Å². The van der Waals surface area contributed by atoms with E-state index in [9.17, 15) is 29.0 Å². The van der Waals surface area contributed by atoms with Gasteiger partial charge in [0.15, 0.2) is 5.78 Å². The van der Waals surface area contributed by atoms with Gasteiger partial charge in [-0.3, -0.25) is 14.4 Å². The molecule has 1 aromatic carbocycles. The number of carboxylic acid groups (broad SMARTS) is 2. The number of carbonyl (C=O) groups excluding carboxylic acids is 1. The zero-order valence-corrected chi connectivity index (χ0v) is 14.6. The summed E-state index contributed by atoms with van der Waals surface area (Å²) in [5.41, 5.74) is 0.300. The van der Waals surface area contributed by atoms with E-state index in [2.05, 4.69) is 0 Å². The summed E-state index contributed by atoms with van der Waals surface area (Å²) >= 11 is 0. The molecule has 2 N–H and O–H groups in total. The Morgan fingerprint density at radius 3 is 2.07 bits per heavy atom. The lowest BCUT2D eigenvalue weighted by molar-refractivity contribution is -0.160. The monoisotopic (exact) mass is 373 g/mol. The van der Waals surface area contributed by atoms with Crippen LogP contribution in [0, 0.1) is 11.7 Å². The summed E-state index contributed by atoms with van der Waals surface area (Å²) in [6, 6.07) is 7.65. The Balaban J connectivity index is 2.03. The molecule has 1 heterocycles. The van der Waals surface area contributed by atoms with Gasteiger partial charge in [-0.15, -0.1) is 0 Å². The highest BCUT2D eigenvalue weighted by molar-refractivity contribution is 6.16. The molecule has 1 aromatic heterocycles. The number of hydrogen-bond donors (Lipinski definition) is 2. The zero-order valence-electron chi connectivity index (χ0n) is 14.6. The molecular weight excluding hydrogens is 353 g/mol. The van der Waals surface area contributed by atoms with E-state index >= 15 is 0 Å². The number of halogens is 1. The molecule has 0 atom stereocenters. The third-order valence-electron chi connectivity index (χ3n) is 5.26. The fourth-order valence-electron chi connectivity index (χ4n) is 3.84. The first-order chi connectivity index (χ1) is 12.8. The van der Waals surface area contributed by atoms with Gasteiger partial charge in [-0.1, -0.05) is 31.4 Å². The predicted octanol–water partition coefficient (Wildman–Crippen LogP) is 3.31. The molecule has 1 aliphatic rings. The highest BCUT2D eigenvalue weighted by Crippen LogP contribution is 2.39. The van der Waals surface area contributed by atoms with Crippen LogP contribution >= 0.6 is 0 Å². The van der Waals surface area contributed by atoms with Crippen molar-refractivity contribution in [2.75, 3.05) is 0 Å². The topological polar surface area (TPSA) is 96.6 Å². The van der Waals surface area contributed by atoms with Crippen molar-refractivity contribution in [3.05, 3.63) is 48.5 Å². The SMILES string of the molecule is O=C(O)C(C(=O)O)C(=O)C1(n2ccc(-c3ccc(F)cc3)c2)CCCCC1. The van der Waals surface area contributed by atoms with E-state index in [1.165, 1.54) is 12.1 Å². The van der Waals surface area contributed by atoms with Gasteiger partial charge in [0, 0.05) is 12.4 Å². The van der Waals surface area contributed by atoms with Gasteiger partial charge in [-0.05, 0) is 42.2 Å². The molecule has 0 amide bonds. The van der Waals surface area contributed by atoms with Crippen LogP contribution in [-0.2, 0) is 19.9 Å². The predicted molar refractivity (Wildman–Crippen MR) is 94.7 cm³/mol. The number of aliphatic carboxylic acids is 2. The number of ketones is 1. The number of benzene rings is 1. The molecule has 142 valence electrons. The molecule has 0 aliphatic heterocycles. The van der Waals surface area contributed by atoms with Crippen molar-refractivity contribution in [1.29, 1.82) is 0 Å². The van der Waals surface area contributed by atoms with Crippen LogP contribution in [-0.4, -0.2) is 32.5 Å². The molecule has 27 heavy (non-hydrogen) atoms. The Bertz CT molecular complexity index is 851. The summed E-state index contributed by atoms with van der Waals surface area (Å²) in [5, 5.41) is 18.5. The summed E-state index contributed by atoms with van der Waals surface area (Å²) in [4.78, 5) is 35.9. The van der Waals surface area contributed by atoms with E-state index in [1.807, 2.05) is 0 Å². The molecule has 3 rings (SSSR count). The van der Waals surface area contributed by atoms with E-state index in [1.54, 1.807) is 35.2 Å². The largest absolute Gasteiger partial charge is 0.480 e.